The average molecular weight is 236 g/mol. The molecule has 1 aromatic heterocycles. The van der Waals surface area contributed by atoms with E-state index in [2.05, 4.69) is 23.7 Å². The summed E-state index contributed by atoms with van der Waals surface area (Å²) in [4.78, 5) is 15.5. The normalized spacial score (nSPS) is 26.7. The summed E-state index contributed by atoms with van der Waals surface area (Å²) in [5.74, 6) is 0.313. The van der Waals surface area contributed by atoms with Crippen LogP contribution in [-0.2, 0) is 4.79 Å². The molecule has 2 heterocycles. The van der Waals surface area contributed by atoms with Crippen molar-refractivity contribution in [3.63, 3.8) is 0 Å². The molecule has 1 spiro atoms. The summed E-state index contributed by atoms with van der Waals surface area (Å²) in [5, 5.41) is 5.59. The number of carbonyl (C=O) groups is 1. The van der Waals surface area contributed by atoms with E-state index in [-0.39, 0.29) is 11.7 Å². The largest absolute Gasteiger partial charge is 0.320 e. The van der Waals surface area contributed by atoms with Gasteiger partial charge in [-0.3, -0.25) is 10.1 Å². The Kier molecular flexibility index (Phi) is 2.30. The molecule has 2 fully saturated rings. The lowest BCUT2D eigenvalue weighted by Crippen LogP contribution is -2.32. The van der Waals surface area contributed by atoms with Crippen LogP contribution in [0.1, 0.15) is 37.2 Å². The Balaban J connectivity index is 1.89. The quantitative estimate of drug-likeness (QED) is 0.872. The van der Waals surface area contributed by atoms with Crippen LogP contribution in [0.5, 0.6) is 0 Å². The highest BCUT2D eigenvalue weighted by Crippen LogP contribution is 2.46. The molecule has 2 aliphatic rings. The van der Waals surface area contributed by atoms with E-state index in [4.69, 9.17) is 0 Å². The van der Waals surface area contributed by atoms with Crippen LogP contribution in [0, 0.1) is 0 Å². The van der Waals surface area contributed by atoms with Crippen LogP contribution in [-0.4, -0.2) is 22.9 Å². The third kappa shape index (κ3) is 1.40. The Labute approximate surface area is 99.5 Å². The van der Waals surface area contributed by atoms with Crippen LogP contribution < -0.4 is 5.32 Å². The maximum atomic E-state index is 12.3. The Hall–Kier alpha value is -0.870. The fourth-order valence-electron chi connectivity index (χ4n) is 2.42. The second kappa shape index (κ2) is 3.57. The number of thiophene rings is 1. The first kappa shape index (κ1) is 10.3. The van der Waals surface area contributed by atoms with Gasteiger partial charge in [0.1, 0.15) is 11.7 Å². The molecule has 0 aromatic carbocycles. The van der Waals surface area contributed by atoms with Crippen LogP contribution in [0.3, 0.4) is 0 Å². The molecule has 1 aromatic rings. The number of nitrogens with zero attached hydrogens (tertiary/aromatic N) is 1. The summed E-state index contributed by atoms with van der Waals surface area (Å²) in [5.41, 5.74) is -0.191. The first-order valence-corrected chi connectivity index (χ1v) is 6.77. The fourth-order valence-corrected chi connectivity index (χ4v) is 3.21. The molecule has 0 radical (unpaired) electrons. The number of carbonyl (C=O) groups excluding carboxylic acids is 1. The minimum atomic E-state index is -0.191. The predicted molar refractivity (Wildman–Crippen MR) is 64.2 cm³/mol. The van der Waals surface area contributed by atoms with E-state index in [9.17, 15) is 4.79 Å². The lowest BCUT2D eigenvalue weighted by atomic mass is 10.3. The van der Waals surface area contributed by atoms with Crippen molar-refractivity contribution in [2.45, 2.75) is 37.9 Å². The molecule has 1 aliphatic heterocycles. The summed E-state index contributed by atoms with van der Waals surface area (Å²) >= 11 is 1.72. The molecule has 1 saturated heterocycles. The topological polar surface area (TPSA) is 32.3 Å². The smallest absolute Gasteiger partial charge is 0.244 e. The maximum absolute atomic E-state index is 12.3. The van der Waals surface area contributed by atoms with E-state index >= 15 is 0 Å². The molecular formula is C12H16N2OS. The summed E-state index contributed by atoms with van der Waals surface area (Å²) in [6, 6.07) is 4.16. The molecule has 4 heteroatoms. The summed E-state index contributed by atoms with van der Waals surface area (Å²) in [6.45, 7) is 2.98. The highest BCUT2D eigenvalue weighted by molar-refractivity contribution is 7.10. The molecule has 1 saturated carbocycles. The van der Waals surface area contributed by atoms with Crippen molar-refractivity contribution < 1.29 is 4.79 Å². The first-order valence-electron chi connectivity index (χ1n) is 5.89. The second-order valence-electron chi connectivity index (χ2n) is 4.64. The molecule has 3 nitrogen and oxygen atoms in total. The van der Waals surface area contributed by atoms with Crippen LogP contribution in [0.2, 0.25) is 0 Å². The van der Waals surface area contributed by atoms with Gasteiger partial charge in [0.15, 0.2) is 0 Å². The molecule has 1 aliphatic carbocycles. The van der Waals surface area contributed by atoms with Gasteiger partial charge in [-0.15, -0.1) is 11.3 Å². The van der Waals surface area contributed by atoms with Gasteiger partial charge in [-0.05, 0) is 30.7 Å². The van der Waals surface area contributed by atoms with Crippen molar-refractivity contribution in [2.75, 3.05) is 6.54 Å². The average Bonchev–Trinajstić information content (AvgIpc) is 2.76. The Morgan fingerprint density at radius 3 is 3.00 bits per heavy atom. The van der Waals surface area contributed by atoms with Gasteiger partial charge in [0.2, 0.25) is 5.91 Å². The Bertz CT molecular complexity index is 397. The third-order valence-corrected chi connectivity index (χ3v) is 4.35. The van der Waals surface area contributed by atoms with E-state index in [1.54, 1.807) is 11.3 Å². The molecule has 1 amide bonds. The van der Waals surface area contributed by atoms with Gasteiger partial charge >= 0.3 is 0 Å². The van der Waals surface area contributed by atoms with E-state index in [0.717, 1.165) is 25.8 Å². The Morgan fingerprint density at radius 1 is 1.62 bits per heavy atom. The molecule has 0 bridgehead atoms. The van der Waals surface area contributed by atoms with E-state index in [1.165, 1.54) is 4.88 Å². The van der Waals surface area contributed by atoms with Crippen molar-refractivity contribution in [1.82, 2.24) is 10.2 Å². The van der Waals surface area contributed by atoms with Crippen LogP contribution in [0.4, 0.5) is 0 Å². The molecule has 1 N–H and O–H groups in total. The number of nitrogens with one attached hydrogen (secondary N) is 1. The fraction of sp³-hybridized carbons (Fsp3) is 0.583. The van der Waals surface area contributed by atoms with E-state index in [0.29, 0.717) is 5.91 Å². The number of hydrogen-bond acceptors (Lipinski definition) is 3. The summed E-state index contributed by atoms with van der Waals surface area (Å²) in [7, 11) is 0. The van der Waals surface area contributed by atoms with Crippen LogP contribution in [0.15, 0.2) is 17.5 Å². The third-order valence-electron chi connectivity index (χ3n) is 3.42. The Morgan fingerprint density at radius 2 is 2.44 bits per heavy atom. The number of hydrogen-bond donors (Lipinski definition) is 1. The lowest BCUT2D eigenvalue weighted by molar-refractivity contribution is -0.130. The standard InChI is InChI=1S/C12H16N2OS/c1-2-7-14-10(9-4-3-8-16-9)13-12(5-6-12)11(14)15/h3-4,8,10,13H,2,5-7H2,1H3. The van der Waals surface area contributed by atoms with Crippen molar-refractivity contribution in [3.05, 3.63) is 22.4 Å². The SMILES string of the molecule is CCCN1C(=O)C2(CC2)NC1c1cccs1. The molecular weight excluding hydrogens is 220 g/mol. The molecule has 1 unspecified atom stereocenters. The van der Waals surface area contributed by atoms with Gasteiger partial charge in [0, 0.05) is 11.4 Å². The minimum Gasteiger partial charge on any atom is -0.320 e. The summed E-state index contributed by atoms with van der Waals surface area (Å²) in [6.07, 6.45) is 3.16. The summed E-state index contributed by atoms with van der Waals surface area (Å²) < 4.78 is 0. The van der Waals surface area contributed by atoms with Crippen molar-refractivity contribution in [1.29, 1.82) is 0 Å². The number of rotatable bonds is 3. The van der Waals surface area contributed by atoms with Crippen LogP contribution in [0.25, 0.3) is 0 Å². The molecule has 1 atom stereocenters. The number of amides is 1. The van der Waals surface area contributed by atoms with Crippen molar-refractivity contribution in [3.8, 4) is 0 Å². The molecule has 86 valence electrons. The van der Waals surface area contributed by atoms with Gasteiger partial charge in [0.05, 0.1) is 0 Å². The van der Waals surface area contributed by atoms with E-state index < -0.39 is 0 Å². The zero-order chi connectivity index (χ0) is 11.2. The zero-order valence-electron chi connectivity index (χ0n) is 9.40. The molecule has 16 heavy (non-hydrogen) atoms. The minimum absolute atomic E-state index is 0.120. The second-order valence-corrected chi connectivity index (χ2v) is 5.62. The van der Waals surface area contributed by atoms with Crippen molar-refractivity contribution in [2.24, 2.45) is 0 Å². The van der Waals surface area contributed by atoms with Gasteiger partial charge < -0.3 is 4.90 Å². The maximum Gasteiger partial charge on any atom is 0.244 e. The monoisotopic (exact) mass is 236 g/mol. The van der Waals surface area contributed by atoms with Gasteiger partial charge in [0.25, 0.3) is 0 Å². The zero-order valence-corrected chi connectivity index (χ0v) is 10.2. The van der Waals surface area contributed by atoms with Crippen molar-refractivity contribution >= 4 is 17.2 Å². The highest BCUT2D eigenvalue weighted by Gasteiger charge is 2.59. The van der Waals surface area contributed by atoms with Gasteiger partial charge in [-0.2, -0.15) is 0 Å². The van der Waals surface area contributed by atoms with Crippen LogP contribution >= 0.6 is 11.3 Å². The van der Waals surface area contributed by atoms with Gasteiger partial charge in [-0.1, -0.05) is 13.0 Å². The van der Waals surface area contributed by atoms with E-state index in [1.807, 2.05) is 11.0 Å². The van der Waals surface area contributed by atoms with Gasteiger partial charge in [-0.25, -0.2) is 0 Å². The predicted octanol–water partition coefficient (Wildman–Crippen LogP) is 2.12. The first-order chi connectivity index (χ1) is 7.77. The molecule has 3 rings (SSSR count). The lowest BCUT2D eigenvalue weighted by Gasteiger charge is -2.22. The highest BCUT2D eigenvalue weighted by atomic mass is 32.1.